The second-order valence-corrected chi connectivity index (χ2v) is 15.3. The molecule has 0 radical (unpaired) electrons. The summed E-state index contributed by atoms with van der Waals surface area (Å²) in [6, 6.07) is 65.1. The molecule has 3 aliphatic rings. The van der Waals surface area contributed by atoms with E-state index >= 15 is 0 Å². The zero-order valence-electron chi connectivity index (χ0n) is 31.0. The van der Waals surface area contributed by atoms with Crippen molar-refractivity contribution in [1.82, 2.24) is 0 Å². The van der Waals surface area contributed by atoms with Gasteiger partial charge in [-0.1, -0.05) is 128 Å². The lowest BCUT2D eigenvalue weighted by molar-refractivity contribution is 0.318. The highest BCUT2D eigenvalue weighted by molar-refractivity contribution is 5.96. The number of hydrogen-bond donors (Lipinski definition) is 0. The molecule has 0 aliphatic heterocycles. The van der Waals surface area contributed by atoms with E-state index in [1.165, 1.54) is 67.2 Å². The van der Waals surface area contributed by atoms with Crippen LogP contribution in [0.4, 0.5) is 28.4 Å². The predicted octanol–water partition coefficient (Wildman–Crippen LogP) is 13.6. The molecule has 0 saturated carbocycles. The van der Waals surface area contributed by atoms with Crippen LogP contribution in [-0.4, -0.2) is 0 Å². The van der Waals surface area contributed by atoms with Gasteiger partial charge in [-0.3, -0.25) is 0 Å². The Labute approximate surface area is 319 Å². The van der Waals surface area contributed by atoms with Crippen molar-refractivity contribution in [1.29, 1.82) is 0 Å². The molecule has 0 bridgehead atoms. The first-order valence-corrected chi connectivity index (χ1v) is 19.1. The molecule has 2 heteroatoms. The summed E-state index contributed by atoms with van der Waals surface area (Å²) >= 11 is 0. The number of benzene rings is 7. The minimum atomic E-state index is -0.430. The largest absolute Gasteiger partial charge is 0.314 e. The van der Waals surface area contributed by atoms with E-state index in [-0.39, 0.29) is 5.41 Å². The van der Waals surface area contributed by atoms with Crippen LogP contribution in [0.5, 0.6) is 0 Å². The van der Waals surface area contributed by atoms with Crippen molar-refractivity contribution >= 4 is 34.0 Å². The topological polar surface area (TPSA) is 6.48 Å². The molecule has 0 N–H and O–H groups in total. The molecule has 2 nitrogen and oxygen atoms in total. The zero-order valence-corrected chi connectivity index (χ0v) is 31.0. The number of rotatable bonds is 6. The zero-order chi connectivity index (χ0) is 36.4. The molecule has 1 unspecified atom stereocenters. The smallest absolute Gasteiger partial charge is 0.0567 e. The normalized spacial score (nSPS) is 17.2. The molecule has 1 atom stereocenters. The average molecular weight is 695 g/mol. The van der Waals surface area contributed by atoms with Crippen LogP contribution in [0.25, 0.3) is 16.7 Å². The fourth-order valence-corrected chi connectivity index (χ4v) is 10.0. The first-order valence-electron chi connectivity index (χ1n) is 19.1. The van der Waals surface area contributed by atoms with Crippen LogP contribution >= 0.6 is 0 Å². The third-order valence-electron chi connectivity index (χ3n) is 12.1. The standard InChI is InChI=1S/C52H42N2/c1-36-16-14-22-40(32-36)53(38-18-6-4-7-19-38)42-28-30-46-47-31-29-43(54(39-20-8-5-9-21-39)41-23-15-17-37(2)33-41)35-51(47,3)52(50(46)34-42)48-26-12-10-24-44(48)45-25-11-13-27-49(45)52/h4-34H,35H2,1-3H3. The van der Waals surface area contributed by atoms with Crippen molar-refractivity contribution in [2.75, 3.05) is 9.80 Å². The van der Waals surface area contributed by atoms with Crippen molar-refractivity contribution in [3.63, 3.8) is 0 Å². The number of fused-ring (bicyclic) bond motifs is 10. The van der Waals surface area contributed by atoms with Crippen molar-refractivity contribution in [3.8, 4) is 11.1 Å². The van der Waals surface area contributed by atoms with E-state index < -0.39 is 5.41 Å². The van der Waals surface area contributed by atoms with E-state index in [1.807, 2.05) is 0 Å². The molecule has 0 heterocycles. The Morgan fingerprint density at radius 3 is 1.50 bits per heavy atom. The van der Waals surface area contributed by atoms with E-state index in [4.69, 9.17) is 0 Å². The number of anilines is 5. The van der Waals surface area contributed by atoms with Crippen LogP contribution in [-0.2, 0) is 5.41 Å². The van der Waals surface area contributed by atoms with Gasteiger partial charge < -0.3 is 9.80 Å². The van der Waals surface area contributed by atoms with Crippen LogP contribution in [0.2, 0.25) is 0 Å². The second kappa shape index (κ2) is 12.4. The molecular formula is C52H42N2. The van der Waals surface area contributed by atoms with Gasteiger partial charge in [0.1, 0.15) is 0 Å². The highest BCUT2D eigenvalue weighted by atomic mass is 15.2. The number of allylic oxidation sites excluding steroid dienone is 4. The maximum Gasteiger partial charge on any atom is 0.0567 e. The van der Waals surface area contributed by atoms with Crippen molar-refractivity contribution in [3.05, 3.63) is 227 Å². The van der Waals surface area contributed by atoms with Crippen LogP contribution < -0.4 is 9.80 Å². The van der Waals surface area contributed by atoms with Gasteiger partial charge in [0.15, 0.2) is 0 Å². The van der Waals surface area contributed by atoms with Gasteiger partial charge in [-0.2, -0.15) is 0 Å². The summed E-state index contributed by atoms with van der Waals surface area (Å²) in [5.74, 6) is 0. The SMILES string of the molecule is Cc1cccc(N(C2=CC=C3c4ccc(N(c5ccccc5)c5cccc(C)c5)cc4C4(c5ccccc5-c5ccccc54)C3(C)C2)c2ccccc2)c1. The fraction of sp³-hybridized carbons (Fsp3) is 0.115. The first-order chi connectivity index (χ1) is 26.5. The van der Waals surface area contributed by atoms with Crippen molar-refractivity contribution in [2.45, 2.75) is 32.6 Å². The van der Waals surface area contributed by atoms with E-state index in [2.05, 4.69) is 219 Å². The highest BCUT2D eigenvalue weighted by Crippen LogP contribution is 2.72. The van der Waals surface area contributed by atoms with Crippen LogP contribution in [0.3, 0.4) is 0 Å². The van der Waals surface area contributed by atoms with Gasteiger partial charge in [0.2, 0.25) is 0 Å². The van der Waals surface area contributed by atoms with Gasteiger partial charge in [0.05, 0.1) is 5.41 Å². The summed E-state index contributed by atoms with van der Waals surface area (Å²) in [4.78, 5) is 4.90. The number of para-hydroxylation sites is 2. The summed E-state index contributed by atoms with van der Waals surface area (Å²) in [5.41, 5.74) is 18.4. The summed E-state index contributed by atoms with van der Waals surface area (Å²) in [5, 5.41) is 0. The van der Waals surface area contributed by atoms with E-state index in [0.29, 0.717) is 0 Å². The lowest BCUT2D eigenvalue weighted by atomic mass is 9.56. The maximum absolute atomic E-state index is 2.54. The quantitative estimate of drug-likeness (QED) is 0.171. The minimum Gasteiger partial charge on any atom is -0.314 e. The fourth-order valence-electron chi connectivity index (χ4n) is 10.0. The Bertz CT molecular complexity index is 2590. The molecule has 0 fully saturated rings. The monoisotopic (exact) mass is 694 g/mol. The van der Waals surface area contributed by atoms with E-state index in [9.17, 15) is 0 Å². The van der Waals surface area contributed by atoms with E-state index in [0.717, 1.165) is 23.5 Å². The summed E-state index contributed by atoms with van der Waals surface area (Å²) < 4.78 is 0. The third kappa shape index (κ3) is 4.66. The van der Waals surface area contributed by atoms with Gasteiger partial charge in [0, 0.05) is 39.5 Å². The number of aryl methyl sites for hydroxylation is 2. The molecule has 7 aromatic rings. The van der Waals surface area contributed by atoms with Gasteiger partial charge in [-0.15, -0.1) is 0 Å². The van der Waals surface area contributed by atoms with Crippen LogP contribution in [0.1, 0.15) is 46.7 Å². The molecule has 3 aliphatic carbocycles. The first kappa shape index (κ1) is 32.3. The minimum absolute atomic E-state index is 0.307. The maximum atomic E-state index is 2.54. The Balaban J connectivity index is 1.24. The van der Waals surface area contributed by atoms with Gasteiger partial charge in [-0.25, -0.2) is 0 Å². The van der Waals surface area contributed by atoms with Gasteiger partial charge >= 0.3 is 0 Å². The van der Waals surface area contributed by atoms with Crippen molar-refractivity contribution < 1.29 is 0 Å². The third-order valence-corrected chi connectivity index (χ3v) is 12.1. The molecule has 54 heavy (non-hydrogen) atoms. The van der Waals surface area contributed by atoms with Crippen LogP contribution in [0.15, 0.2) is 194 Å². The highest BCUT2D eigenvalue weighted by Gasteiger charge is 2.63. The lowest BCUT2D eigenvalue weighted by Gasteiger charge is -2.47. The molecule has 0 aromatic heterocycles. The molecule has 0 amide bonds. The molecule has 10 rings (SSSR count). The Morgan fingerprint density at radius 1 is 0.407 bits per heavy atom. The molecule has 7 aromatic carbocycles. The van der Waals surface area contributed by atoms with Crippen molar-refractivity contribution in [2.24, 2.45) is 5.41 Å². The predicted molar refractivity (Wildman–Crippen MR) is 226 cm³/mol. The summed E-state index contributed by atoms with van der Waals surface area (Å²) in [6.07, 6.45) is 5.68. The number of hydrogen-bond acceptors (Lipinski definition) is 2. The average Bonchev–Trinajstić information content (AvgIpc) is 3.63. The summed E-state index contributed by atoms with van der Waals surface area (Å²) in [7, 11) is 0. The van der Waals surface area contributed by atoms with Gasteiger partial charge in [0.25, 0.3) is 0 Å². The second-order valence-electron chi connectivity index (χ2n) is 15.3. The Kier molecular flexibility index (Phi) is 7.39. The molecular weight excluding hydrogens is 653 g/mol. The van der Waals surface area contributed by atoms with Gasteiger partial charge in [-0.05, 0) is 137 Å². The summed E-state index contributed by atoms with van der Waals surface area (Å²) in [6.45, 7) is 6.90. The molecule has 0 saturated heterocycles. The Hall–Kier alpha value is -6.38. The molecule has 1 spiro atoms. The van der Waals surface area contributed by atoms with Crippen LogP contribution in [0, 0.1) is 19.3 Å². The lowest BCUT2D eigenvalue weighted by Crippen LogP contribution is -2.43. The Morgan fingerprint density at radius 2 is 0.907 bits per heavy atom. The van der Waals surface area contributed by atoms with E-state index in [1.54, 1.807) is 0 Å². The molecule has 260 valence electrons. The number of nitrogens with zero attached hydrogens (tertiary/aromatic N) is 2.